The second-order valence-corrected chi connectivity index (χ2v) is 8.13. The minimum Gasteiger partial charge on any atom is -0.302 e. The summed E-state index contributed by atoms with van der Waals surface area (Å²) in [5.74, 6) is 0.339. The summed E-state index contributed by atoms with van der Waals surface area (Å²) in [5.41, 5.74) is 2.19. The van der Waals surface area contributed by atoms with E-state index in [4.69, 9.17) is 11.6 Å². The molecule has 0 aliphatic carbocycles. The molecule has 0 radical (unpaired) electrons. The van der Waals surface area contributed by atoms with Crippen LogP contribution >= 0.6 is 34.3 Å². The molecule has 3 nitrogen and oxygen atoms in total. The molecule has 2 aromatic heterocycles. The summed E-state index contributed by atoms with van der Waals surface area (Å²) < 4.78 is 1.80. The van der Waals surface area contributed by atoms with Crippen molar-refractivity contribution >= 4 is 55.5 Å². The number of anilines is 1. The number of thiophene rings is 1. The van der Waals surface area contributed by atoms with Crippen LogP contribution in [0.1, 0.15) is 30.2 Å². The zero-order chi connectivity index (χ0) is 15.7. The molecule has 1 aromatic carbocycles. The first kappa shape index (κ1) is 15.5. The van der Waals surface area contributed by atoms with Gasteiger partial charge < -0.3 is 5.32 Å². The third-order valence-electron chi connectivity index (χ3n) is 3.28. The smallest absolute Gasteiger partial charge is 0.231 e. The summed E-state index contributed by atoms with van der Waals surface area (Å²) >= 11 is 8.81. The fourth-order valence-corrected chi connectivity index (χ4v) is 4.26. The Kier molecular flexibility index (Phi) is 4.47. The average molecular weight is 351 g/mol. The lowest BCUT2D eigenvalue weighted by Gasteiger charge is -2.04. The maximum absolute atomic E-state index is 12.1. The van der Waals surface area contributed by atoms with Crippen LogP contribution in [0.2, 0.25) is 4.34 Å². The maximum atomic E-state index is 12.1. The molecule has 0 saturated carbocycles. The van der Waals surface area contributed by atoms with Crippen LogP contribution < -0.4 is 5.32 Å². The van der Waals surface area contributed by atoms with E-state index >= 15 is 0 Å². The van der Waals surface area contributed by atoms with Crippen LogP contribution in [-0.2, 0) is 11.2 Å². The Morgan fingerprint density at radius 2 is 2.09 bits per heavy atom. The van der Waals surface area contributed by atoms with Crippen LogP contribution in [0.15, 0.2) is 30.3 Å². The Morgan fingerprint density at radius 3 is 2.77 bits per heavy atom. The number of rotatable bonds is 4. The van der Waals surface area contributed by atoms with Crippen molar-refractivity contribution in [1.29, 1.82) is 0 Å². The molecule has 1 N–H and O–H groups in total. The van der Waals surface area contributed by atoms with Gasteiger partial charge in [-0.15, -0.1) is 11.3 Å². The number of hydrogen-bond donors (Lipinski definition) is 1. The number of para-hydroxylation sites is 1. The molecule has 2 heterocycles. The Bertz CT molecular complexity index is 823. The predicted octanol–water partition coefficient (Wildman–Crippen LogP) is 5.32. The molecule has 0 fully saturated rings. The number of benzene rings is 1. The first-order valence-corrected chi connectivity index (χ1v) is 8.97. The van der Waals surface area contributed by atoms with Gasteiger partial charge in [0.1, 0.15) is 0 Å². The normalized spacial score (nSPS) is 11.3. The monoisotopic (exact) mass is 350 g/mol. The molecule has 3 rings (SSSR count). The lowest BCUT2D eigenvalue weighted by Crippen LogP contribution is -2.13. The van der Waals surface area contributed by atoms with Gasteiger partial charge in [-0.3, -0.25) is 4.79 Å². The van der Waals surface area contributed by atoms with E-state index in [0.717, 1.165) is 15.1 Å². The number of hydrogen-bond acceptors (Lipinski definition) is 4. The van der Waals surface area contributed by atoms with Crippen molar-refractivity contribution < 1.29 is 4.79 Å². The van der Waals surface area contributed by atoms with Crippen LogP contribution in [0.25, 0.3) is 10.2 Å². The lowest BCUT2D eigenvalue weighted by atomic mass is 10.0. The van der Waals surface area contributed by atoms with Gasteiger partial charge in [-0.2, -0.15) is 0 Å². The highest BCUT2D eigenvalue weighted by Crippen LogP contribution is 2.31. The molecule has 6 heteroatoms. The molecule has 22 heavy (non-hydrogen) atoms. The maximum Gasteiger partial charge on any atom is 0.231 e. The van der Waals surface area contributed by atoms with Crippen molar-refractivity contribution in [3.05, 3.63) is 45.1 Å². The number of amides is 1. The SMILES string of the molecule is CC(C)c1cccc2sc(NC(=O)Cc3ccc(Cl)s3)nc12. The highest BCUT2D eigenvalue weighted by atomic mass is 35.5. The molecule has 0 aliphatic rings. The molecule has 3 aromatic rings. The molecule has 1 amide bonds. The highest BCUT2D eigenvalue weighted by Gasteiger charge is 2.13. The van der Waals surface area contributed by atoms with Gasteiger partial charge in [0.05, 0.1) is 21.0 Å². The molecule has 114 valence electrons. The first-order chi connectivity index (χ1) is 10.5. The number of nitrogens with zero attached hydrogens (tertiary/aromatic N) is 1. The minimum absolute atomic E-state index is 0.0660. The summed E-state index contributed by atoms with van der Waals surface area (Å²) in [5, 5.41) is 3.54. The van der Waals surface area contributed by atoms with E-state index < -0.39 is 0 Å². The van der Waals surface area contributed by atoms with Gasteiger partial charge in [0.2, 0.25) is 5.91 Å². The molecule has 0 aliphatic heterocycles. The summed E-state index contributed by atoms with van der Waals surface area (Å²) in [6.45, 7) is 4.29. The Hall–Kier alpha value is -1.43. The van der Waals surface area contributed by atoms with Crippen molar-refractivity contribution in [3.63, 3.8) is 0 Å². The fourth-order valence-electron chi connectivity index (χ4n) is 2.26. The van der Waals surface area contributed by atoms with E-state index in [1.807, 2.05) is 18.2 Å². The molecular formula is C16H15ClN2OS2. The summed E-state index contributed by atoms with van der Waals surface area (Å²) in [6.07, 6.45) is 0.324. The quantitative estimate of drug-likeness (QED) is 0.692. The predicted molar refractivity (Wildman–Crippen MR) is 95.4 cm³/mol. The number of nitrogens with one attached hydrogen (secondary N) is 1. The van der Waals surface area contributed by atoms with Gasteiger partial charge in [-0.25, -0.2) is 4.98 Å². The Balaban J connectivity index is 1.79. The van der Waals surface area contributed by atoms with Crippen LogP contribution in [0.3, 0.4) is 0 Å². The highest BCUT2D eigenvalue weighted by molar-refractivity contribution is 7.22. The third-order valence-corrected chi connectivity index (χ3v) is 5.45. The van der Waals surface area contributed by atoms with Gasteiger partial charge >= 0.3 is 0 Å². The second-order valence-electron chi connectivity index (χ2n) is 5.30. The van der Waals surface area contributed by atoms with Gasteiger partial charge in [-0.1, -0.05) is 48.9 Å². The van der Waals surface area contributed by atoms with Crippen LogP contribution in [0.5, 0.6) is 0 Å². The zero-order valence-corrected chi connectivity index (χ0v) is 14.6. The standard InChI is InChI=1S/C16H15ClN2OS2/c1-9(2)11-4-3-5-12-15(11)19-16(22-12)18-14(20)8-10-6-7-13(17)21-10/h3-7,9H,8H2,1-2H3,(H,18,19,20). The lowest BCUT2D eigenvalue weighted by molar-refractivity contribution is -0.115. The van der Waals surface area contributed by atoms with Crippen molar-refractivity contribution in [3.8, 4) is 0 Å². The molecule has 0 saturated heterocycles. The fraction of sp³-hybridized carbons (Fsp3) is 0.250. The number of halogens is 1. The third kappa shape index (κ3) is 3.32. The van der Waals surface area contributed by atoms with Crippen LogP contribution in [-0.4, -0.2) is 10.9 Å². The topological polar surface area (TPSA) is 42.0 Å². The van der Waals surface area contributed by atoms with Crippen LogP contribution in [0, 0.1) is 0 Å². The first-order valence-electron chi connectivity index (χ1n) is 6.96. The molecule has 0 spiro atoms. The van der Waals surface area contributed by atoms with Gasteiger partial charge in [-0.05, 0) is 29.7 Å². The Morgan fingerprint density at radius 1 is 1.27 bits per heavy atom. The zero-order valence-electron chi connectivity index (χ0n) is 12.2. The largest absolute Gasteiger partial charge is 0.302 e. The van der Waals surface area contributed by atoms with E-state index in [0.29, 0.717) is 21.8 Å². The van der Waals surface area contributed by atoms with E-state index in [9.17, 15) is 4.79 Å². The van der Waals surface area contributed by atoms with Gasteiger partial charge in [0.25, 0.3) is 0 Å². The number of aromatic nitrogens is 1. The van der Waals surface area contributed by atoms with E-state index in [2.05, 4.69) is 30.2 Å². The number of carbonyl (C=O) groups excluding carboxylic acids is 1. The summed E-state index contributed by atoms with van der Waals surface area (Å²) in [7, 11) is 0. The summed E-state index contributed by atoms with van der Waals surface area (Å²) in [6, 6.07) is 9.85. The van der Waals surface area contributed by atoms with Crippen molar-refractivity contribution in [2.24, 2.45) is 0 Å². The van der Waals surface area contributed by atoms with E-state index in [1.165, 1.54) is 28.2 Å². The van der Waals surface area contributed by atoms with Gasteiger partial charge in [0.15, 0.2) is 5.13 Å². The summed E-state index contributed by atoms with van der Waals surface area (Å²) in [4.78, 5) is 17.6. The Labute approximate surface area is 142 Å². The number of carbonyl (C=O) groups is 1. The number of fused-ring (bicyclic) bond motifs is 1. The average Bonchev–Trinajstić information content (AvgIpc) is 3.03. The molecule has 0 atom stereocenters. The van der Waals surface area contributed by atoms with E-state index in [-0.39, 0.29) is 5.91 Å². The second kappa shape index (κ2) is 6.36. The molecule has 0 unspecified atom stereocenters. The molecule has 0 bridgehead atoms. The van der Waals surface area contributed by atoms with Crippen molar-refractivity contribution in [1.82, 2.24) is 4.98 Å². The van der Waals surface area contributed by atoms with Crippen LogP contribution in [0.4, 0.5) is 5.13 Å². The van der Waals surface area contributed by atoms with Crippen molar-refractivity contribution in [2.45, 2.75) is 26.2 Å². The number of thiazole rings is 1. The van der Waals surface area contributed by atoms with Gasteiger partial charge in [0, 0.05) is 4.88 Å². The minimum atomic E-state index is -0.0660. The van der Waals surface area contributed by atoms with E-state index in [1.54, 1.807) is 6.07 Å². The van der Waals surface area contributed by atoms with Crippen molar-refractivity contribution in [2.75, 3.05) is 5.32 Å². The molecular weight excluding hydrogens is 336 g/mol.